The predicted octanol–water partition coefficient (Wildman–Crippen LogP) is 2.18. The second kappa shape index (κ2) is 7.94. The summed E-state index contributed by atoms with van der Waals surface area (Å²) < 4.78 is 7.12. The number of hydrogen-bond acceptors (Lipinski definition) is 3. The van der Waals surface area contributed by atoms with Gasteiger partial charge >= 0.3 is 0 Å². The van der Waals surface area contributed by atoms with E-state index in [0.717, 1.165) is 17.1 Å². The lowest BCUT2D eigenvalue weighted by molar-refractivity contribution is 0.0656. The van der Waals surface area contributed by atoms with Gasteiger partial charge in [-0.25, -0.2) is 0 Å². The number of ether oxygens (including phenoxy) is 1. The molecule has 0 unspecified atom stereocenters. The third-order valence-corrected chi connectivity index (χ3v) is 3.90. The maximum atomic E-state index is 12.8. The molecule has 23 heavy (non-hydrogen) atoms. The number of nitrogens with zero attached hydrogens (tertiary/aromatic N) is 2. The Kier molecular flexibility index (Phi) is 5.96. The van der Waals surface area contributed by atoms with Crippen LogP contribution < -0.4 is 0 Å². The molecule has 0 saturated carbocycles. The Morgan fingerprint density at radius 1 is 1.22 bits per heavy atom. The first-order valence-electron chi connectivity index (χ1n) is 7.73. The van der Waals surface area contributed by atoms with Crippen molar-refractivity contribution in [3.8, 4) is 5.69 Å². The molecule has 1 amide bonds. The zero-order valence-corrected chi connectivity index (χ0v) is 14.0. The maximum absolute atomic E-state index is 12.8. The van der Waals surface area contributed by atoms with Crippen LogP contribution in [0.5, 0.6) is 0 Å². The summed E-state index contributed by atoms with van der Waals surface area (Å²) in [6, 6.07) is 11.9. The van der Waals surface area contributed by atoms with E-state index in [1.807, 2.05) is 50.2 Å². The van der Waals surface area contributed by atoms with Crippen LogP contribution in [0.15, 0.2) is 36.4 Å². The van der Waals surface area contributed by atoms with Crippen molar-refractivity contribution in [2.24, 2.45) is 0 Å². The summed E-state index contributed by atoms with van der Waals surface area (Å²) in [7, 11) is 1.60. The Bertz CT molecular complexity index is 650. The summed E-state index contributed by atoms with van der Waals surface area (Å²) in [5, 5.41) is 9.20. The fraction of sp³-hybridized carbons (Fsp3) is 0.389. The van der Waals surface area contributed by atoms with Crippen molar-refractivity contribution in [3.63, 3.8) is 0 Å². The average molecular weight is 316 g/mol. The molecule has 0 saturated heterocycles. The number of aromatic nitrogens is 1. The highest BCUT2D eigenvalue weighted by atomic mass is 16.5. The first-order chi connectivity index (χ1) is 11.1. The number of hydrogen-bond donors (Lipinski definition) is 1. The van der Waals surface area contributed by atoms with Gasteiger partial charge in [0.15, 0.2) is 0 Å². The number of rotatable bonds is 7. The van der Waals surface area contributed by atoms with E-state index < -0.39 is 0 Å². The van der Waals surface area contributed by atoms with E-state index >= 15 is 0 Å². The summed E-state index contributed by atoms with van der Waals surface area (Å²) in [5.41, 5.74) is 3.61. The smallest absolute Gasteiger partial charge is 0.255 e. The number of para-hydroxylation sites is 1. The number of amides is 1. The van der Waals surface area contributed by atoms with Crippen LogP contribution in [0.25, 0.3) is 5.69 Å². The van der Waals surface area contributed by atoms with Crippen LogP contribution in [0.4, 0.5) is 0 Å². The Morgan fingerprint density at radius 3 is 2.52 bits per heavy atom. The van der Waals surface area contributed by atoms with Gasteiger partial charge in [-0.15, -0.1) is 0 Å². The van der Waals surface area contributed by atoms with Gasteiger partial charge < -0.3 is 19.3 Å². The molecule has 0 atom stereocenters. The molecule has 1 aromatic carbocycles. The second-order valence-electron chi connectivity index (χ2n) is 5.46. The molecule has 2 rings (SSSR count). The van der Waals surface area contributed by atoms with Crippen molar-refractivity contribution in [2.45, 2.75) is 13.8 Å². The van der Waals surface area contributed by atoms with Gasteiger partial charge in [0, 0.05) is 37.3 Å². The molecule has 0 radical (unpaired) electrons. The van der Waals surface area contributed by atoms with Gasteiger partial charge in [-0.05, 0) is 32.0 Å². The van der Waals surface area contributed by atoms with Crippen LogP contribution in [-0.4, -0.2) is 53.9 Å². The highest BCUT2D eigenvalue weighted by molar-refractivity contribution is 5.96. The fourth-order valence-corrected chi connectivity index (χ4v) is 2.76. The maximum Gasteiger partial charge on any atom is 0.255 e. The number of aryl methyl sites for hydroxylation is 1. The lowest BCUT2D eigenvalue weighted by Crippen LogP contribution is -2.36. The number of aliphatic hydroxyl groups is 1. The summed E-state index contributed by atoms with van der Waals surface area (Å²) in [5.74, 6) is -0.0774. The predicted molar refractivity (Wildman–Crippen MR) is 90.1 cm³/mol. The summed E-state index contributed by atoms with van der Waals surface area (Å²) in [6.45, 7) is 5.08. The van der Waals surface area contributed by atoms with Crippen LogP contribution >= 0.6 is 0 Å². The van der Waals surface area contributed by atoms with Crippen molar-refractivity contribution in [1.29, 1.82) is 0 Å². The van der Waals surface area contributed by atoms with E-state index in [1.54, 1.807) is 12.0 Å². The molecule has 5 heteroatoms. The summed E-state index contributed by atoms with van der Waals surface area (Å²) in [6.07, 6.45) is 0. The van der Waals surface area contributed by atoms with E-state index in [1.165, 1.54) is 0 Å². The minimum atomic E-state index is -0.0774. The van der Waals surface area contributed by atoms with E-state index in [-0.39, 0.29) is 12.5 Å². The van der Waals surface area contributed by atoms with Crippen molar-refractivity contribution in [3.05, 3.63) is 53.3 Å². The van der Waals surface area contributed by atoms with Crippen LogP contribution in [0.2, 0.25) is 0 Å². The molecule has 0 bridgehead atoms. The molecule has 0 aliphatic carbocycles. The number of carbonyl (C=O) groups is 1. The van der Waals surface area contributed by atoms with Gasteiger partial charge in [0.05, 0.1) is 18.8 Å². The zero-order chi connectivity index (χ0) is 16.8. The van der Waals surface area contributed by atoms with E-state index in [9.17, 15) is 9.90 Å². The number of benzene rings is 1. The monoisotopic (exact) mass is 316 g/mol. The molecular formula is C18H24N2O3. The van der Waals surface area contributed by atoms with Gasteiger partial charge in [0.2, 0.25) is 0 Å². The second-order valence-corrected chi connectivity index (χ2v) is 5.46. The van der Waals surface area contributed by atoms with Crippen LogP contribution in [0.3, 0.4) is 0 Å². The third kappa shape index (κ3) is 3.81. The molecule has 0 spiro atoms. The third-order valence-electron chi connectivity index (χ3n) is 3.90. The Hall–Kier alpha value is -2.11. The highest BCUT2D eigenvalue weighted by Crippen LogP contribution is 2.22. The van der Waals surface area contributed by atoms with Gasteiger partial charge in [-0.3, -0.25) is 4.79 Å². The van der Waals surface area contributed by atoms with Crippen LogP contribution in [0.1, 0.15) is 21.7 Å². The minimum absolute atomic E-state index is 0.0626. The van der Waals surface area contributed by atoms with Crippen molar-refractivity contribution >= 4 is 5.91 Å². The van der Waals surface area contributed by atoms with Gasteiger partial charge in [-0.2, -0.15) is 0 Å². The van der Waals surface area contributed by atoms with Crippen LogP contribution in [-0.2, 0) is 4.74 Å². The number of methoxy groups -OCH3 is 1. The Morgan fingerprint density at radius 2 is 1.91 bits per heavy atom. The zero-order valence-electron chi connectivity index (χ0n) is 14.0. The molecule has 124 valence electrons. The van der Waals surface area contributed by atoms with E-state index in [4.69, 9.17) is 4.74 Å². The van der Waals surface area contributed by atoms with Gasteiger partial charge in [-0.1, -0.05) is 18.2 Å². The summed E-state index contributed by atoms with van der Waals surface area (Å²) >= 11 is 0. The molecule has 0 fully saturated rings. The van der Waals surface area contributed by atoms with Gasteiger partial charge in [0.1, 0.15) is 0 Å². The lowest BCUT2D eigenvalue weighted by atomic mass is 10.2. The van der Waals surface area contributed by atoms with Gasteiger partial charge in [0.25, 0.3) is 5.91 Å². The molecule has 1 aromatic heterocycles. The van der Waals surface area contributed by atoms with Crippen molar-refractivity contribution < 1.29 is 14.6 Å². The Labute approximate surface area is 137 Å². The lowest BCUT2D eigenvalue weighted by Gasteiger charge is -2.21. The minimum Gasteiger partial charge on any atom is -0.395 e. The number of aliphatic hydroxyl groups excluding tert-OH is 1. The SMILES string of the molecule is COCCN(CCO)C(=O)c1cc(C)n(-c2ccccc2)c1C. The van der Waals surface area contributed by atoms with Crippen molar-refractivity contribution in [2.75, 3.05) is 33.4 Å². The van der Waals surface area contributed by atoms with Crippen molar-refractivity contribution in [1.82, 2.24) is 9.47 Å². The topological polar surface area (TPSA) is 54.7 Å². The molecule has 5 nitrogen and oxygen atoms in total. The molecule has 2 aromatic rings. The first kappa shape index (κ1) is 17.2. The number of carbonyl (C=O) groups excluding carboxylic acids is 1. The normalized spacial score (nSPS) is 10.8. The summed E-state index contributed by atoms with van der Waals surface area (Å²) in [4.78, 5) is 14.4. The average Bonchev–Trinajstić information content (AvgIpc) is 2.86. The molecular weight excluding hydrogens is 292 g/mol. The largest absolute Gasteiger partial charge is 0.395 e. The quantitative estimate of drug-likeness (QED) is 0.852. The van der Waals surface area contributed by atoms with E-state index in [0.29, 0.717) is 25.3 Å². The van der Waals surface area contributed by atoms with E-state index in [2.05, 4.69) is 4.57 Å². The standard InChI is InChI=1S/C18H24N2O3/c1-14-13-17(18(22)19(9-11-21)10-12-23-3)15(2)20(14)16-7-5-4-6-8-16/h4-8,13,21H,9-12H2,1-3H3. The first-order valence-corrected chi connectivity index (χ1v) is 7.73. The molecule has 1 N–H and O–H groups in total. The highest BCUT2D eigenvalue weighted by Gasteiger charge is 2.21. The molecule has 0 aliphatic rings. The van der Waals surface area contributed by atoms with Crippen LogP contribution in [0, 0.1) is 13.8 Å². The molecule has 0 aliphatic heterocycles. The molecule has 1 heterocycles. The Balaban J connectivity index is 2.34. The fourth-order valence-electron chi connectivity index (χ4n) is 2.76.